The Morgan fingerprint density at radius 2 is 1.53 bits per heavy atom. The summed E-state index contributed by atoms with van der Waals surface area (Å²) >= 11 is 0. The molecular weight excluding hydrogens is 490 g/mol. The van der Waals surface area contributed by atoms with Gasteiger partial charge in [0.05, 0.1) is 12.2 Å². The maximum atomic E-state index is 14.2. The van der Waals surface area contributed by atoms with Crippen molar-refractivity contribution < 1.29 is 23.2 Å². The van der Waals surface area contributed by atoms with Crippen LogP contribution < -0.4 is 10.2 Å². The number of carbonyl (C=O) groups is 3. The number of nitrogens with zero attached hydrogens (tertiary/aromatic N) is 3. The maximum Gasteiger partial charge on any atom is 0.256 e. The van der Waals surface area contributed by atoms with Gasteiger partial charge in [-0.1, -0.05) is 42.5 Å². The Labute approximate surface area is 219 Å². The van der Waals surface area contributed by atoms with Crippen LogP contribution in [0.3, 0.4) is 0 Å². The van der Waals surface area contributed by atoms with Crippen molar-refractivity contribution in [1.82, 2.24) is 15.1 Å². The minimum absolute atomic E-state index is 0.0144. The summed E-state index contributed by atoms with van der Waals surface area (Å²) < 4.78 is 27.4. The fraction of sp³-hybridized carbons (Fsp3) is 0.276. The maximum absolute atomic E-state index is 14.2. The van der Waals surface area contributed by atoms with Crippen molar-refractivity contribution in [3.8, 4) is 0 Å². The van der Waals surface area contributed by atoms with Crippen molar-refractivity contribution in [2.75, 3.05) is 31.2 Å². The van der Waals surface area contributed by atoms with Gasteiger partial charge in [0.2, 0.25) is 5.91 Å². The number of rotatable bonds is 6. The van der Waals surface area contributed by atoms with E-state index in [1.54, 1.807) is 23.1 Å². The molecule has 196 valence electrons. The fourth-order valence-electron chi connectivity index (χ4n) is 5.24. The van der Waals surface area contributed by atoms with Crippen molar-refractivity contribution in [2.24, 2.45) is 0 Å². The SMILES string of the molecule is O=C(CN1CN(c2ccccc2)C2(CCN(C(=O)c3ccccc3F)CC2)C1=O)NCc1ccc(F)cc1. The van der Waals surface area contributed by atoms with E-state index < -0.39 is 17.3 Å². The molecule has 2 aliphatic rings. The van der Waals surface area contributed by atoms with Gasteiger partial charge in [-0.25, -0.2) is 8.78 Å². The Morgan fingerprint density at radius 3 is 2.21 bits per heavy atom. The first-order valence-corrected chi connectivity index (χ1v) is 12.5. The van der Waals surface area contributed by atoms with Gasteiger partial charge in [0, 0.05) is 25.3 Å². The summed E-state index contributed by atoms with van der Waals surface area (Å²) in [7, 11) is 0. The van der Waals surface area contributed by atoms with Gasteiger partial charge in [0.15, 0.2) is 0 Å². The van der Waals surface area contributed by atoms with Crippen LogP contribution >= 0.6 is 0 Å². The van der Waals surface area contributed by atoms with Crippen LogP contribution in [-0.2, 0) is 16.1 Å². The van der Waals surface area contributed by atoms with Gasteiger partial charge in [-0.2, -0.15) is 0 Å². The van der Waals surface area contributed by atoms with Crippen LogP contribution in [0.25, 0.3) is 0 Å². The van der Waals surface area contributed by atoms with E-state index in [0.29, 0.717) is 12.8 Å². The summed E-state index contributed by atoms with van der Waals surface area (Å²) in [4.78, 5) is 44.7. The average Bonchev–Trinajstić information content (AvgIpc) is 3.19. The number of likely N-dealkylation sites (tertiary alicyclic amines) is 1. The molecular formula is C29H28F2N4O3. The number of halogens is 2. The van der Waals surface area contributed by atoms with Crippen molar-refractivity contribution in [1.29, 1.82) is 0 Å². The zero-order chi connectivity index (χ0) is 26.7. The van der Waals surface area contributed by atoms with Crippen molar-refractivity contribution >= 4 is 23.4 Å². The van der Waals surface area contributed by atoms with Crippen LogP contribution in [0.4, 0.5) is 14.5 Å². The Balaban J connectivity index is 1.30. The van der Waals surface area contributed by atoms with Crippen LogP contribution in [0.2, 0.25) is 0 Å². The molecule has 3 aromatic carbocycles. The van der Waals surface area contributed by atoms with Gasteiger partial charge in [-0.15, -0.1) is 0 Å². The zero-order valence-corrected chi connectivity index (χ0v) is 20.8. The molecule has 0 aromatic heterocycles. The molecule has 2 saturated heterocycles. The molecule has 0 saturated carbocycles. The third-order valence-electron chi connectivity index (χ3n) is 7.30. The van der Waals surface area contributed by atoms with E-state index in [2.05, 4.69) is 5.32 Å². The third kappa shape index (κ3) is 4.96. The third-order valence-corrected chi connectivity index (χ3v) is 7.30. The van der Waals surface area contributed by atoms with Crippen molar-refractivity contribution in [2.45, 2.75) is 24.9 Å². The molecule has 9 heteroatoms. The molecule has 1 N–H and O–H groups in total. The lowest BCUT2D eigenvalue weighted by molar-refractivity contribution is -0.137. The largest absolute Gasteiger partial charge is 0.350 e. The van der Waals surface area contributed by atoms with Gasteiger partial charge >= 0.3 is 0 Å². The summed E-state index contributed by atoms with van der Waals surface area (Å²) in [5, 5.41) is 2.80. The predicted molar refractivity (Wildman–Crippen MR) is 138 cm³/mol. The summed E-state index contributed by atoms with van der Waals surface area (Å²) in [6.45, 7) is 0.901. The Morgan fingerprint density at radius 1 is 0.868 bits per heavy atom. The normalized spacial score (nSPS) is 16.7. The van der Waals surface area contributed by atoms with Crippen LogP contribution in [-0.4, -0.2) is 59.4 Å². The topological polar surface area (TPSA) is 73.0 Å². The first kappa shape index (κ1) is 25.4. The standard InChI is InChI=1S/C29H28F2N4O3/c30-22-12-10-21(11-13-22)18-32-26(36)19-34-20-35(23-6-2-1-3-7-23)29(28(34)38)14-16-33(17-15-29)27(37)24-8-4-5-9-25(24)31/h1-13H,14-20H2,(H,32,36). The van der Waals surface area contributed by atoms with Gasteiger partial charge in [-0.05, 0) is 54.8 Å². The molecule has 0 radical (unpaired) electrons. The predicted octanol–water partition coefficient (Wildman–Crippen LogP) is 3.56. The monoisotopic (exact) mass is 518 g/mol. The van der Waals surface area contributed by atoms with E-state index in [9.17, 15) is 23.2 Å². The van der Waals surface area contributed by atoms with Gasteiger partial charge in [0.25, 0.3) is 11.8 Å². The molecule has 3 aromatic rings. The van der Waals surface area contributed by atoms with E-state index in [1.165, 1.54) is 35.2 Å². The molecule has 2 aliphatic heterocycles. The van der Waals surface area contributed by atoms with Crippen molar-refractivity contribution in [3.05, 3.63) is 102 Å². The van der Waals surface area contributed by atoms with Gasteiger partial charge < -0.3 is 20.0 Å². The van der Waals surface area contributed by atoms with E-state index in [0.717, 1.165) is 11.3 Å². The molecule has 3 amide bonds. The zero-order valence-electron chi connectivity index (χ0n) is 20.8. The number of benzene rings is 3. The van der Waals surface area contributed by atoms with Gasteiger partial charge in [0.1, 0.15) is 23.7 Å². The second-order valence-electron chi connectivity index (χ2n) is 9.61. The lowest BCUT2D eigenvalue weighted by atomic mass is 9.85. The van der Waals surface area contributed by atoms with E-state index >= 15 is 0 Å². The van der Waals surface area contributed by atoms with E-state index in [4.69, 9.17) is 0 Å². The molecule has 0 aliphatic carbocycles. The number of hydrogen-bond acceptors (Lipinski definition) is 4. The molecule has 38 heavy (non-hydrogen) atoms. The minimum Gasteiger partial charge on any atom is -0.350 e. The van der Waals surface area contributed by atoms with Crippen LogP contribution in [0.15, 0.2) is 78.9 Å². The second kappa shape index (κ2) is 10.6. The lowest BCUT2D eigenvalue weighted by Gasteiger charge is -2.43. The summed E-state index contributed by atoms with van der Waals surface area (Å²) in [5.74, 6) is -1.81. The molecule has 5 rings (SSSR count). The summed E-state index contributed by atoms with van der Waals surface area (Å²) in [6, 6.07) is 21.3. The molecule has 2 fully saturated rings. The Hall–Kier alpha value is -4.27. The summed E-state index contributed by atoms with van der Waals surface area (Å²) in [5.41, 5.74) is 0.705. The number of anilines is 1. The fourth-order valence-corrected chi connectivity index (χ4v) is 5.24. The molecule has 2 heterocycles. The highest BCUT2D eigenvalue weighted by Gasteiger charge is 2.54. The number of piperidine rings is 1. The Kier molecular flexibility index (Phi) is 7.09. The minimum atomic E-state index is -0.912. The first-order chi connectivity index (χ1) is 18.4. The molecule has 0 unspecified atom stereocenters. The second-order valence-corrected chi connectivity index (χ2v) is 9.61. The number of carbonyl (C=O) groups excluding carboxylic acids is 3. The van der Waals surface area contributed by atoms with Crippen LogP contribution in [0, 0.1) is 11.6 Å². The lowest BCUT2D eigenvalue weighted by Crippen LogP contribution is -2.57. The van der Waals surface area contributed by atoms with Crippen LogP contribution in [0.5, 0.6) is 0 Å². The molecule has 1 spiro atoms. The molecule has 7 nitrogen and oxygen atoms in total. The van der Waals surface area contributed by atoms with Crippen molar-refractivity contribution in [3.63, 3.8) is 0 Å². The first-order valence-electron chi connectivity index (χ1n) is 12.5. The highest BCUT2D eigenvalue weighted by Crippen LogP contribution is 2.39. The van der Waals surface area contributed by atoms with E-state index in [1.807, 2.05) is 35.2 Å². The number of hydrogen-bond donors (Lipinski definition) is 1. The molecule has 0 atom stereocenters. The quantitative estimate of drug-likeness (QED) is 0.542. The highest BCUT2D eigenvalue weighted by molar-refractivity contribution is 5.97. The highest BCUT2D eigenvalue weighted by atomic mass is 19.1. The Bertz CT molecular complexity index is 1330. The summed E-state index contributed by atoms with van der Waals surface area (Å²) in [6.07, 6.45) is 0.712. The van der Waals surface area contributed by atoms with Crippen LogP contribution in [0.1, 0.15) is 28.8 Å². The average molecular weight is 519 g/mol. The number of nitrogens with one attached hydrogen (secondary N) is 1. The number of para-hydroxylation sites is 1. The number of amides is 3. The van der Waals surface area contributed by atoms with E-state index in [-0.39, 0.29) is 56.0 Å². The molecule has 0 bridgehead atoms. The smallest absolute Gasteiger partial charge is 0.256 e. The van der Waals surface area contributed by atoms with Gasteiger partial charge in [-0.3, -0.25) is 14.4 Å².